The largest absolute Gasteiger partial charge is 0.481 e. The van der Waals surface area contributed by atoms with Crippen molar-refractivity contribution >= 4 is 12.1 Å². The fraction of sp³-hybridized carbons (Fsp3) is 0.286. The van der Waals surface area contributed by atoms with Gasteiger partial charge in [-0.2, -0.15) is 0 Å². The summed E-state index contributed by atoms with van der Waals surface area (Å²) in [6.07, 6.45) is 0.0610. The van der Waals surface area contributed by atoms with Crippen molar-refractivity contribution in [1.29, 1.82) is 0 Å². The summed E-state index contributed by atoms with van der Waals surface area (Å²) in [4.78, 5) is 22.6. The summed E-state index contributed by atoms with van der Waals surface area (Å²) in [5, 5.41) is 11.3. The van der Waals surface area contributed by atoms with E-state index in [2.05, 4.69) is 11.9 Å². The highest BCUT2D eigenvalue weighted by molar-refractivity contribution is 5.73. The molecule has 0 spiro atoms. The van der Waals surface area contributed by atoms with Crippen LogP contribution in [0, 0.1) is 5.82 Å². The van der Waals surface area contributed by atoms with Gasteiger partial charge in [-0.1, -0.05) is 30.9 Å². The Morgan fingerprint density at radius 3 is 2.70 bits per heavy atom. The average Bonchev–Trinajstić information content (AvgIpc) is 2.35. The lowest BCUT2D eigenvalue weighted by Gasteiger charge is -2.29. The summed E-state index contributed by atoms with van der Waals surface area (Å²) in [6, 6.07) is 5.67. The van der Waals surface area contributed by atoms with Crippen molar-refractivity contribution in [3.05, 3.63) is 48.3 Å². The van der Waals surface area contributed by atoms with Crippen molar-refractivity contribution in [2.75, 3.05) is 6.61 Å². The van der Waals surface area contributed by atoms with E-state index in [9.17, 15) is 14.0 Å². The number of hydrogen-bond acceptors (Lipinski definition) is 3. The van der Waals surface area contributed by atoms with Crippen LogP contribution in [0.1, 0.15) is 18.9 Å². The molecule has 0 aromatic heterocycles. The highest BCUT2D eigenvalue weighted by Gasteiger charge is 2.34. The van der Waals surface area contributed by atoms with Crippen molar-refractivity contribution in [3.8, 4) is 0 Å². The van der Waals surface area contributed by atoms with E-state index in [0.29, 0.717) is 0 Å². The molecular weight excluding hydrogens is 265 g/mol. The van der Waals surface area contributed by atoms with E-state index in [0.717, 1.165) is 0 Å². The first kappa shape index (κ1) is 15.7. The van der Waals surface area contributed by atoms with Gasteiger partial charge >= 0.3 is 12.1 Å². The summed E-state index contributed by atoms with van der Waals surface area (Å²) in [7, 11) is 0. The Hall–Kier alpha value is -2.37. The van der Waals surface area contributed by atoms with Gasteiger partial charge in [-0.3, -0.25) is 4.79 Å². The number of amides is 1. The van der Waals surface area contributed by atoms with Gasteiger partial charge in [-0.25, -0.2) is 9.18 Å². The summed E-state index contributed by atoms with van der Waals surface area (Å²) in [5.74, 6) is -1.76. The zero-order valence-corrected chi connectivity index (χ0v) is 11.1. The maximum absolute atomic E-state index is 13.8. The second-order valence-corrected chi connectivity index (χ2v) is 4.39. The third kappa shape index (κ3) is 4.08. The SMILES string of the molecule is C=CCOC(=O)NC(C)(CC(=O)O)c1ccccc1F. The molecule has 0 heterocycles. The molecule has 0 saturated carbocycles. The highest BCUT2D eigenvalue weighted by atomic mass is 19.1. The van der Waals surface area contributed by atoms with Crippen molar-refractivity contribution in [2.45, 2.75) is 18.9 Å². The predicted octanol–water partition coefficient (Wildman–Crippen LogP) is 2.43. The molecule has 0 aliphatic heterocycles. The number of carbonyl (C=O) groups is 2. The fourth-order valence-electron chi connectivity index (χ4n) is 1.81. The molecule has 20 heavy (non-hydrogen) atoms. The minimum absolute atomic E-state index is 0.0216. The van der Waals surface area contributed by atoms with E-state index in [-0.39, 0.29) is 12.2 Å². The number of carboxylic acid groups (broad SMARTS) is 1. The van der Waals surface area contributed by atoms with Crippen LogP contribution in [-0.4, -0.2) is 23.8 Å². The third-order valence-corrected chi connectivity index (χ3v) is 2.68. The van der Waals surface area contributed by atoms with E-state index in [1.807, 2.05) is 0 Å². The second kappa shape index (κ2) is 6.70. The predicted molar refractivity (Wildman–Crippen MR) is 70.7 cm³/mol. The van der Waals surface area contributed by atoms with E-state index in [1.165, 1.54) is 31.2 Å². The molecule has 1 aromatic carbocycles. The molecule has 5 nitrogen and oxygen atoms in total. The molecule has 1 atom stereocenters. The number of nitrogens with one attached hydrogen (secondary N) is 1. The Balaban J connectivity index is 3.03. The Kier molecular flexibility index (Phi) is 5.25. The van der Waals surface area contributed by atoms with Gasteiger partial charge in [0.25, 0.3) is 0 Å². The first-order valence-corrected chi connectivity index (χ1v) is 5.91. The number of hydrogen-bond donors (Lipinski definition) is 2. The van der Waals surface area contributed by atoms with Crippen LogP contribution in [0.5, 0.6) is 0 Å². The fourth-order valence-corrected chi connectivity index (χ4v) is 1.81. The molecule has 0 aliphatic rings. The molecule has 0 radical (unpaired) electrons. The van der Waals surface area contributed by atoms with Gasteiger partial charge < -0.3 is 15.2 Å². The van der Waals surface area contributed by atoms with Gasteiger partial charge in [0.05, 0.1) is 12.0 Å². The quantitative estimate of drug-likeness (QED) is 0.785. The topological polar surface area (TPSA) is 75.6 Å². The summed E-state index contributed by atoms with van der Waals surface area (Å²) in [6.45, 7) is 4.79. The molecule has 1 rings (SSSR count). The van der Waals surface area contributed by atoms with Crippen LogP contribution in [0.3, 0.4) is 0 Å². The normalized spacial score (nSPS) is 13.1. The highest BCUT2D eigenvalue weighted by Crippen LogP contribution is 2.27. The molecule has 0 bridgehead atoms. The number of halogens is 1. The maximum Gasteiger partial charge on any atom is 0.408 e. The van der Waals surface area contributed by atoms with Crippen molar-refractivity contribution in [1.82, 2.24) is 5.32 Å². The second-order valence-electron chi connectivity index (χ2n) is 4.39. The molecule has 0 fully saturated rings. The summed E-state index contributed by atoms with van der Waals surface area (Å²) < 4.78 is 18.6. The minimum Gasteiger partial charge on any atom is -0.481 e. The molecular formula is C14H16FNO4. The number of rotatable bonds is 6. The average molecular weight is 281 g/mol. The number of benzene rings is 1. The van der Waals surface area contributed by atoms with Crippen LogP contribution in [0.15, 0.2) is 36.9 Å². The van der Waals surface area contributed by atoms with Gasteiger partial charge in [0.1, 0.15) is 12.4 Å². The van der Waals surface area contributed by atoms with Crippen molar-refractivity contribution < 1.29 is 23.8 Å². The molecule has 6 heteroatoms. The van der Waals surface area contributed by atoms with Gasteiger partial charge in [0, 0.05) is 5.56 Å². The molecule has 1 amide bonds. The number of carbonyl (C=O) groups excluding carboxylic acids is 1. The van der Waals surface area contributed by atoms with Crippen molar-refractivity contribution in [2.24, 2.45) is 0 Å². The van der Waals surface area contributed by atoms with Gasteiger partial charge in [-0.15, -0.1) is 0 Å². The van der Waals surface area contributed by atoms with Crippen molar-refractivity contribution in [3.63, 3.8) is 0 Å². The van der Waals surface area contributed by atoms with E-state index in [1.54, 1.807) is 6.07 Å². The monoisotopic (exact) mass is 281 g/mol. The lowest BCUT2D eigenvalue weighted by Crippen LogP contribution is -2.45. The number of ether oxygens (including phenoxy) is 1. The maximum atomic E-state index is 13.8. The summed E-state index contributed by atoms with van der Waals surface area (Å²) >= 11 is 0. The number of aliphatic carboxylic acids is 1. The molecule has 0 aliphatic carbocycles. The molecule has 108 valence electrons. The van der Waals surface area contributed by atoms with Gasteiger partial charge in [0.15, 0.2) is 0 Å². The molecule has 1 unspecified atom stereocenters. The molecule has 2 N–H and O–H groups in total. The van der Waals surface area contributed by atoms with Gasteiger partial charge in [0.2, 0.25) is 0 Å². The van der Waals surface area contributed by atoms with Crippen LogP contribution in [0.25, 0.3) is 0 Å². The van der Waals surface area contributed by atoms with E-state index >= 15 is 0 Å². The molecule has 1 aromatic rings. The standard InChI is InChI=1S/C14H16FNO4/c1-3-8-20-13(19)16-14(2,9-12(17)18)10-6-4-5-7-11(10)15/h3-7H,1,8-9H2,2H3,(H,16,19)(H,17,18). The Labute approximate surface area is 116 Å². The van der Waals surface area contributed by atoms with Crippen LogP contribution in [0.2, 0.25) is 0 Å². The van der Waals surface area contributed by atoms with Crippen LogP contribution in [-0.2, 0) is 15.1 Å². The van der Waals surface area contributed by atoms with E-state index in [4.69, 9.17) is 9.84 Å². The molecule has 0 saturated heterocycles. The Bertz CT molecular complexity index is 518. The van der Waals surface area contributed by atoms with Crippen LogP contribution >= 0.6 is 0 Å². The number of alkyl carbamates (subject to hydrolysis) is 1. The lowest BCUT2D eigenvalue weighted by atomic mass is 9.88. The van der Waals surface area contributed by atoms with Crippen LogP contribution in [0.4, 0.5) is 9.18 Å². The van der Waals surface area contributed by atoms with Crippen LogP contribution < -0.4 is 5.32 Å². The third-order valence-electron chi connectivity index (χ3n) is 2.68. The minimum atomic E-state index is -1.41. The first-order valence-electron chi connectivity index (χ1n) is 5.91. The van der Waals surface area contributed by atoms with Gasteiger partial charge in [-0.05, 0) is 13.0 Å². The smallest absolute Gasteiger partial charge is 0.408 e. The lowest BCUT2D eigenvalue weighted by molar-refractivity contribution is -0.138. The zero-order chi connectivity index (χ0) is 15.2. The summed E-state index contributed by atoms with van der Waals surface area (Å²) in [5.41, 5.74) is -1.33. The zero-order valence-electron chi connectivity index (χ0n) is 11.1. The first-order chi connectivity index (χ1) is 9.39. The number of carboxylic acids is 1. The Morgan fingerprint density at radius 1 is 1.50 bits per heavy atom. The van der Waals surface area contributed by atoms with E-state index < -0.39 is 29.8 Å². The Morgan fingerprint density at radius 2 is 2.15 bits per heavy atom.